The van der Waals surface area contributed by atoms with Crippen molar-refractivity contribution in [1.29, 1.82) is 0 Å². The lowest BCUT2D eigenvalue weighted by Gasteiger charge is -2.46. The van der Waals surface area contributed by atoms with Gasteiger partial charge in [0.05, 0.1) is 32.0 Å². The summed E-state index contributed by atoms with van der Waals surface area (Å²) in [4.78, 5) is 13.4. The summed E-state index contributed by atoms with van der Waals surface area (Å²) in [7, 11) is 0. The number of allylic oxidation sites excluding steroid dienone is 4. The van der Waals surface area contributed by atoms with Gasteiger partial charge in [0, 0.05) is 6.42 Å². The van der Waals surface area contributed by atoms with Crippen molar-refractivity contribution in [3.63, 3.8) is 0 Å². The van der Waals surface area contributed by atoms with Crippen LogP contribution in [0, 0.1) is 0 Å². The SMILES string of the molecule is CCCCCCC/C=C\C/C=C\CCCCCCCCCCCCCCCCCCCCCCCCCCCCCC(=O)NC(COC1OC(CO)C(OC2OC(CO)C(O)C(O)C2O)C(O)C1O)C(O)CCCCCCCCCCCCCCCCCCCCCCCCCCCCC. The number of ether oxygens (including phenoxy) is 4. The van der Waals surface area contributed by atoms with E-state index in [1.165, 1.54) is 340 Å². The minimum atomic E-state index is -1.78. The zero-order valence-corrected chi connectivity index (χ0v) is 65.2. The van der Waals surface area contributed by atoms with Crippen molar-refractivity contribution < 1.29 is 64.6 Å². The van der Waals surface area contributed by atoms with Crippen LogP contribution in [0.15, 0.2) is 24.3 Å². The van der Waals surface area contributed by atoms with Crippen LogP contribution in [-0.2, 0) is 23.7 Å². The fourth-order valence-electron chi connectivity index (χ4n) is 14.8. The van der Waals surface area contributed by atoms with Gasteiger partial charge in [0.25, 0.3) is 0 Å². The molecule has 1 amide bonds. The fraction of sp³-hybridized carbons (Fsp3) is 0.942. The molecule has 12 unspecified atom stereocenters. The largest absolute Gasteiger partial charge is 0.394 e. The van der Waals surface area contributed by atoms with Crippen LogP contribution in [-0.4, -0.2) is 140 Å². The van der Waals surface area contributed by atoms with E-state index in [9.17, 15) is 45.6 Å². The minimum Gasteiger partial charge on any atom is -0.394 e. The van der Waals surface area contributed by atoms with E-state index in [-0.39, 0.29) is 12.5 Å². The van der Waals surface area contributed by atoms with Crippen molar-refractivity contribution in [2.75, 3.05) is 19.8 Å². The number of carbonyl (C=O) groups excluding carboxylic acids is 1. The number of nitrogens with one attached hydrogen (secondary N) is 1. The highest BCUT2D eigenvalue weighted by Crippen LogP contribution is 2.31. The molecule has 2 aliphatic heterocycles. The van der Waals surface area contributed by atoms with E-state index >= 15 is 0 Å². The molecule has 0 aromatic rings. The smallest absolute Gasteiger partial charge is 0.220 e. The summed E-state index contributed by atoms with van der Waals surface area (Å²) in [5, 5.41) is 88.0. The van der Waals surface area contributed by atoms with E-state index in [0.717, 1.165) is 57.8 Å². The zero-order valence-electron chi connectivity index (χ0n) is 65.2. The second-order valence-corrected chi connectivity index (χ2v) is 31.0. The van der Waals surface area contributed by atoms with E-state index in [1.807, 2.05) is 0 Å². The maximum absolute atomic E-state index is 13.4. The van der Waals surface area contributed by atoms with Crippen LogP contribution < -0.4 is 5.32 Å². The summed E-state index contributed by atoms with van der Waals surface area (Å²) in [6, 6.07) is -0.828. The summed E-state index contributed by atoms with van der Waals surface area (Å²) >= 11 is 0. The van der Waals surface area contributed by atoms with Gasteiger partial charge in [-0.3, -0.25) is 4.79 Å². The third kappa shape index (κ3) is 52.5. The van der Waals surface area contributed by atoms with Crippen LogP contribution in [0.25, 0.3) is 0 Å². The maximum atomic E-state index is 13.4. The third-order valence-electron chi connectivity index (χ3n) is 21.7. The second kappa shape index (κ2) is 70.5. The molecule has 0 bridgehead atoms. The molecule has 0 radical (unpaired) electrons. The second-order valence-electron chi connectivity index (χ2n) is 31.0. The van der Waals surface area contributed by atoms with Crippen LogP contribution in [0.1, 0.15) is 425 Å². The zero-order chi connectivity index (χ0) is 72.2. The normalized spacial score (nSPS) is 21.9. The van der Waals surface area contributed by atoms with Crippen molar-refractivity contribution >= 4 is 5.91 Å². The van der Waals surface area contributed by atoms with Crippen molar-refractivity contribution in [2.24, 2.45) is 0 Å². The van der Waals surface area contributed by atoms with Crippen LogP contribution in [0.3, 0.4) is 0 Å². The number of amides is 1. The topological polar surface area (TPSA) is 228 Å². The number of unbranched alkanes of at least 4 members (excludes halogenated alkanes) is 58. The van der Waals surface area contributed by atoms with Crippen LogP contribution >= 0.6 is 0 Å². The minimum absolute atomic E-state index is 0.196. The summed E-state index contributed by atoms with van der Waals surface area (Å²) in [5.74, 6) is -0.196. The Morgan fingerprint density at radius 3 is 1.00 bits per heavy atom. The van der Waals surface area contributed by atoms with E-state index in [2.05, 4.69) is 43.5 Å². The van der Waals surface area contributed by atoms with E-state index in [1.54, 1.807) is 0 Å². The van der Waals surface area contributed by atoms with Gasteiger partial charge in [-0.15, -0.1) is 0 Å². The number of aliphatic hydroxyl groups excluding tert-OH is 8. The first-order valence-corrected chi connectivity index (χ1v) is 43.6. The predicted molar refractivity (Wildman–Crippen MR) is 415 cm³/mol. The summed E-state index contributed by atoms with van der Waals surface area (Å²) < 4.78 is 23.0. The molecule has 2 rings (SSSR count). The van der Waals surface area contributed by atoms with E-state index in [4.69, 9.17) is 18.9 Å². The van der Waals surface area contributed by atoms with Crippen LogP contribution in [0.5, 0.6) is 0 Å². The van der Waals surface area contributed by atoms with Crippen molar-refractivity contribution in [3.05, 3.63) is 24.3 Å². The van der Waals surface area contributed by atoms with Gasteiger partial charge in [-0.1, -0.05) is 398 Å². The van der Waals surface area contributed by atoms with Crippen molar-refractivity contribution in [3.8, 4) is 0 Å². The highest BCUT2D eigenvalue weighted by Gasteiger charge is 2.51. The highest BCUT2D eigenvalue weighted by molar-refractivity contribution is 5.76. The van der Waals surface area contributed by atoms with Gasteiger partial charge in [-0.05, 0) is 44.9 Å². The molecule has 2 aliphatic rings. The number of hydrogen-bond acceptors (Lipinski definition) is 13. The fourth-order valence-corrected chi connectivity index (χ4v) is 14.8. The Bertz CT molecular complexity index is 1770. The number of rotatable bonds is 75. The lowest BCUT2D eigenvalue weighted by molar-refractivity contribution is -0.359. The quantitative estimate of drug-likeness (QED) is 0.0204. The Balaban J connectivity index is 1.55. The number of hydrogen-bond donors (Lipinski definition) is 9. The molecule has 0 spiro atoms. The highest BCUT2D eigenvalue weighted by atomic mass is 16.7. The molecule has 12 atom stereocenters. The lowest BCUT2D eigenvalue weighted by Crippen LogP contribution is -2.65. The number of carbonyl (C=O) groups is 1. The summed E-state index contributed by atoms with van der Waals surface area (Å²) in [5.41, 5.74) is 0. The Labute approximate surface area is 615 Å². The van der Waals surface area contributed by atoms with Gasteiger partial charge in [-0.2, -0.15) is 0 Å². The summed E-state index contributed by atoms with van der Waals surface area (Å²) in [6.45, 7) is 2.93. The standard InChI is InChI=1S/C86H165NO13/c1-3-5-7-9-11-13-15-17-19-21-23-25-27-29-31-32-33-34-35-36-37-38-39-40-41-42-44-46-48-50-52-54-56-58-60-62-64-66-68-70-78(91)87-74(73-97-85-83(96)81(94)84(77(72-89)99-85)100-86-82(95)80(93)79(92)76(71-88)98-86)75(90)69-67-65-63-61-59-57-55-53-51-49-47-45-43-30-28-26-24-22-20-18-16-14-12-10-8-6-4-2/h15,17,21,23,74-77,79-86,88-90,92-96H,3-14,16,18-20,22,24-73H2,1-2H3,(H,87,91)/b17-15-,23-21-. The molecule has 2 fully saturated rings. The molecular weight excluding hydrogens is 1250 g/mol. The molecule has 592 valence electrons. The molecule has 2 heterocycles. The molecule has 14 heteroatoms. The van der Waals surface area contributed by atoms with Crippen LogP contribution in [0.2, 0.25) is 0 Å². The molecule has 0 aromatic carbocycles. The van der Waals surface area contributed by atoms with Gasteiger partial charge >= 0.3 is 0 Å². The molecule has 0 aromatic heterocycles. The first-order chi connectivity index (χ1) is 49.1. The molecule has 100 heavy (non-hydrogen) atoms. The average Bonchev–Trinajstić information content (AvgIpc) is 0.796. The maximum Gasteiger partial charge on any atom is 0.220 e. The first-order valence-electron chi connectivity index (χ1n) is 43.6. The molecule has 9 N–H and O–H groups in total. The van der Waals surface area contributed by atoms with Crippen LogP contribution in [0.4, 0.5) is 0 Å². The van der Waals surface area contributed by atoms with E-state index in [0.29, 0.717) is 12.8 Å². The number of aliphatic hydroxyl groups is 8. The Kier molecular flexibility index (Phi) is 66.6. The Morgan fingerprint density at radius 1 is 0.360 bits per heavy atom. The van der Waals surface area contributed by atoms with Gasteiger partial charge in [0.2, 0.25) is 5.91 Å². The van der Waals surface area contributed by atoms with Gasteiger partial charge < -0.3 is 65.1 Å². The molecule has 2 saturated heterocycles. The lowest BCUT2D eigenvalue weighted by atomic mass is 9.97. The van der Waals surface area contributed by atoms with Crippen molar-refractivity contribution in [2.45, 2.75) is 498 Å². The van der Waals surface area contributed by atoms with Gasteiger partial charge in [0.15, 0.2) is 12.6 Å². The van der Waals surface area contributed by atoms with Crippen molar-refractivity contribution in [1.82, 2.24) is 5.32 Å². The first kappa shape index (κ1) is 94.6. The molecule has 0 aliphatic carbocycles. The van der Waals surface area contributed by atoms with Gasteiger partial charge in [-0.25, -0.2) is 0 Å². The average molecular weight is 1420 g/mol. The molecule has 0 saturated carbocycles. The Morgan fingerprint density at radius 2 is 0.660 bits per heavy atom. The Hall–Kier alpha value is -1.53. The monoisotopic (exact) mass is 1420 g/mol. The third-order valence-corrected chi connectivity index (χ3v) is 21.7. The predicted octanol–water partition coefficient (Wildman–Crippen LogP) is 20.6. The van der Waals surface area contributed by atoms with Gasteiger partial charge in [0.1, 0.15) is 48.8 Å². The molecule has 14 nitrogen and oxygen atoms in total. The molecular formula is C86H165NO13. The summed E-state index contributed by atoms with van der Waals surface area (Å²) in [6.07, 6.45) is 75.3. The van der Waals surface area contributed by atoms with E-state index < -0.39 is 86.8 Å².